The summed E-state index contributed by atoms with van der Waals surface area (Å²) in [5.41, 5.74) is 19.5. The average molecular weight is 1130 g/mol. The van der Waals surface area contributed by atoms with Crippen molar-refractivity contribution in [3.8, 4) is 45.1 Å². The number of fused-ring (bicyclic) bond motifs is 10. The van der Waals surface area contributed by atoms with Gasteiger partial charge in [0.15, 0.2) is 0 Å². The molecule has 0 saturated heterocycles. The van der Waals surface area contributed by atoms with Gasteiger partial charge in [-0.05, 0) is 28.2 Å². The van der Waals surface area contributed by atoms with E-state index in [4.69, 9.17) is 9.72 Å². The molecule has 10 aromatic rings. The number of pyridine rings is 1. The third kappa shape index (κ3) is 7.70. The Morgan fingerprint density at radius 3 is 1.68 bits per heavy atom. The van der Waals surface area contributed by atoms with Crippen LogP contribution in [0.2, 0.25) is 0 Å². The predicted octanol–water partition coefficient (Wildman–Crippen LogP) is 17.4. The number of para-hydroxylation sites is 1. The second-order valence-electron chi connectivity index (χ2n) is 22.9. The second-order valence-corrected chi connectivity index (χ2v) is 23.9. The Kier molecular flexibility index (Phi) is 11.0. The fraction of sp³-hybridized carbons (Fsp3) is 0.194. The SMILES string of the molecule is CC(C)(C)c1cc(-n2[c](=[Pt])n(-c3cccc(Oc4ccc5c(c4)N(c4cc(C(C)(C)C)ccn4)c4ccccc4C54c5ccccc5-c5ccccc54)c3)c3ccc(-c4ccccc4)cc32)cc(C(C)(C)C)c1. The normalized spacial score (nSPS) is 13.7. The molecule has 12 rings (SSSR count). The third-order valence-corrected chi connectivity index (χ3v) is 16.1. The van der Waals surface area contributed by atoms with Gasteiger partial charge in [-0.2, -0.15) is 0 Å². The monoisotopic (exact) mass is 1130 g/mol. The average Bonchev–Trinajstić information content (AvgIpc) is 3.84. The number of imidazole rings is 1. The van der Waals surface area contributed by atoms with Crippen molar-refractivity contribution in [1.29, 1.82) is 0 Å². The summed E-state index contributed by atoms with van der Waals surface area (Å²) in [7, 11) is 0. The summed E-state index contributed by atoms with van der Waals surface area (Å²) in [5, 5.41) is 0. The van der Waals surface area contributed by atoms with E-state index in [1.807, 2.05) is 6.20 Å². The van der Waals surface area contributed by atoms with Crippen LogP contribution in [-0.4, -0.2) is 14.1 Å². The molecular weight excluding hydrogens is 1070 g/mol. The van der Waals surface area contributed by atoms with E-state index < -0.39 is 5.41 Å². The maximum absolute atomic E-state index is 7.10. The van der Waals surface area contributed by atoms with Crippen LogP contribution >= 0.6 is 0 Å². The zero-order valence-electron chi connectivity index (χ0n) is 43.1. The molecule has 0 amide bonds. The topological polar surface area (TPSA) is 35.2 Å². The minimum absolute atomic E-state index is 0.0435. The fourth-order valence-corrected chi connectivity index (χ4v) is 12.4. The summed E-state index contributed by atoms with van der Waals surface area (Å²) >= 11 is 2.53. The summed E-state index contributed by atoms with van der Waals surface area (Å²) in [6.07, 6.45) is 1.96. The first-order chi connectivity index (χ1) is 35.0. The molecule has 0 atom stereocenters. The van der Waals surface area contributed by atoms with E-state index in [2.05, 4.69) is 290 Å². The van der Waals surface area contributed by atoms with Crippen LogP contribution in [0.3, 0.4) is 0 Å². The van der Waals surface area contributed by atoms with Crippen LogP contribution in [0.25, 0.3) is 44.7 Å². The molecule has 364 valence electrons. The van der Waals surface area contributed by atoms with E-state index in [0.29, 0.717) is 0 Å². The van der Waals surface area contributed by atoms with Gasteiger partial charge in [0.25, 0.3) is 0 Å². The fourth-order valence-electron chi connectivity index (χ4n) is 11.3. The molecule has 73 heavy (non-hydrogen) atoms. The number of hydrogen-bond acceptors (Lipinski definition) is 3. The summed E-state index contributed by atoms with van der Waals surface area (Å²) in [6, 6.07) is 71.2. The Hall–Kier alpha value is -7.33. The molecule has 0 fully saturated rings. The zero-order valence-corrected chi connectivity index (χ0v) is 45.3. The predicted molar refractivity (Wildman–Crippen MR) is 297 cm³/mol. The van der Waals surface area contributed by atoms with Gasteiger partial charge in [0.05, 0.1) is 0 Å². The molecule has 6 heteroatoms. The first kappa shape index (κ1) is 46.7. The number of ether oxygens (including phenoxy) is 1. The number of aromatic nitrogens is 3. The van der Waals surface area contributed by atoms with Crippen LogP contribution in [0.5, 0.6) is 11.5 Å². The molecule has 1 aliphatic heterocycles. The van der Waals surface area contributed by atoms with E-state index in [1.165, 1.54) is 61.2 Å². The molecule has 0 N–H and O–H groups in total. The Bertz CT molecular complexity index is 3800. The van der Waals surface area contributed by atoms with Gasteiger partial charge >= 0.3 is 322 Å². The molecule has 1 aliphatic carbocycles. The molecule has 0 saturated carbocycles. The van der Waals surface area contributed by atoms with Gasteiger partial charge in [-0.15, -0.1) is 0 Å². The van der Waals surface area contributed by atoms with Crippen molar-refractivity contribution >= 4 is 28.2 Å². The van der Waals surface area contributed by atoms with Crippen LogP contribution in [0.4, 0.5) is 17.2 Å². The summed E-state index contributed by atoms with van der Waals surface area (Å²) < 4.78 is 13.0. The van der Waals surface area contributed by atoms with E-state index in [0.717, 1.165) is 54.9 Å². The van der Waals surface area contributed by atoms with Gasteiger partial charge in [-0.25, -0.2) is 0 Å². The van der Waals surface area contributed by atoms with Crippen molar-refractivity contribution in [3.05, 3.63) is 243 Å². The standard InChI is InChI=1S/C67H60N4O.Pt/c1-64(2,3)46-34-35-68-63(40-46)71-59-29-18-17-28-57(59)67(55-26-15-13-24-53(55)54-25-14-16-27-56(54)67)58-32-31-52(42-61(58)71)72-51-23-19-22-49(41-51)69-43-70(50-38-47(65(4,5)6)37-48(39-50)66(7,8)9)62-36-45(30-33-60(62)69)44-20-11-10-12-21-44;/h10-42H,1-9H3;. The van der Waals surface area contributed by atoms with Crippen molar-refractivity contribution in [2.75, 3.05) is 4.90 Å². The number of hydrogen-bond donors (Lipinski definition) is 0. The molecule has 2 aromatic heterocycles. The molecule has 0 radical (unpaired) electrons. The van der Waals surface area contributed by atoms with E-state index >= 15 is 0 Å². The number of benzene rings is 8. The van der Waals surface area contributed by atoms with Crippen LogP contribution in [0.15, 0.2) is 200 Å². The van der Waals surface area contributed by atoms with Gasteiger partial charge in [-0.1, -0.05) is 87.5 Å². The van der Waals surface area contributed by atoms with Gasteiger partial charge in [0.1, 0.15) is 0 Å². The van der Waals surface area contributed by atoms with Crippen LogP contribution in [-0.2, 0) is 41.0 Å². The summed E-state index contributed by atoms with van der Waals surface area (Å²) in [4.78, 5) is 7.48. The molecule has 8 aromatic carbocycles. The first-order valence-electron chi connectivity index (χ1n) is 25.4. The van der Waals surface area contributed by atoms with Crippen LogP contribution < -0.4 is 9.64 Å². The zero-order chi connectivity index (χ0) is 50.6. The minimum atomic E-state index is -0.572. The van der Waals surface area contributed by atoms with Gasteiger partial charge in [0, 0.05) is 6.20 Å². The second kappa shape index (κ2) is 17.1. The number of rotatable bonds is 6. The Balaban J connectivity index is 1.03. The van der Waals surface area contributed by atoms with Crippen LogP contribution in [0, 0.1) is 3.80 Å². The number of anilines is 3. The van der Waals surface area contributed by atoms with Crippen molar-refractivity contribution in [1.82, 2.24) is 14.1 Å². The molecule has 3 heterocycles. The molecule has 5 nitrogen and oxygen atoms in total. The Labute approximate surface area is 440 Å². The first-order valence-corrected chi connectivity index (χ1v) is 26.6. The van der Waals surface area contributed by atoms with Gasteiger partial charge < -0.3 is 0 Å². The maximum atomic E-state index is 7.10. The van der Waals surface area contributed by atoms with Crippen molar-refractivity contribution < 1.29 is 24.1 Å². The van der Waals surface area contributed by atoms with Crippen molar-refractivity contribution in [2.24, 2.45) is 0 Å². The molecule has 0 unspecified atom stereocenters. The van der Waals surface area contributed by atoms with E-state index in [9.17, 15) is 0 Å². The summed E-state index contributed by atoms with van der Waals surface area (Å²) in [5.74, 6) is 2.36. The Morgan fingerprint density at radius 2 is 1.01 bits per heavy atom. The third-order valence-electron chi connectivity index (χ3n) is 15.1. The Morgan fingerprint density at radius 1 is 0.425 bits per heavy atom. The molecular formula is C67H60N4OPt. The molecule has 0 bridgehead atoms. The van der Waals surface area contributed by atoms with Crippen molar-refractivity contribution in [3.63, 3.8) is 0 Å². The van der Waals surface area contributed by atoms with Gasteiger partial charge in [0.2, 0.25) is 0 Å². The summed E-state index contributed by atoms with van der Waals surface area (Å²) in [6.45, 7) is 20.6. The molecule has 1 spiro atoms. The molecule has 2 aliphatic rings. The number of nitrogens with zero attached hydrogens (tertiary/aromatic N) is 4. The quantitative estimate of drug-likeness (QED) is 0.166. The van der Waals surface area contributed by atoms with E-state index in [1.54, 1.807) is 0 Å². The van der Waals surface area contributed by atoms with Gasteiger partial charge in [-0.3, -0.25) is 0 Å². The van der Waals surface area contributed by atoms with E-state index in [-0.39, 0.29) is 16.2 Å². The van der Waals surface area contributed by atoms with Crippen molar-refractivity contribution in [2.45, 2.75) is 84.0 Å². The van der Waals surface area contributed by atoms with Crippen LogP contribution in [0.1, 0.15) is 101 Å².